The first-order valence-corrected chi connectivity index (χ1v) is 13.1. The molecule has 0 amide bonds. The number of hydrogen-bond acceptors (Lipinski definition) is 6. The largest absolute Gasteiger partial charge is 0.481 e. The number of hydrogen-bond donors (Lipinski definition) is 1. The Balaban J connectivity index is 1.40. The molecule has 2 heterocycles. The molecule has 7 heteroatoms. The second-order valence-electron chi connectivity index (χ2n) is 12.3. The van der Waals surface area contributed by atoms with Crippen LogP contribution >= 0.6 is 0 Å². The van der Waals surface area contributed by atoms with Gasteiger partial charge in [0.25, 0.3) is 0 Å². The fourth-order valence-corrected chi connectivity index (χ4v) is 9.58. The second kappa shape index (κ2) is 7.37. The number of methoxy groups -OCH3 is 1. The van der Waals surface area contributed by atoms with Crippen molar-refractivity contribution in [2.75, 3.05) is 13.7 Å². The molecule has 6 rings (SSSR count). The molecule has 1 N–H and O–H groups in total. The van der Waals surface area contributed by atoms with Gasteiger partial charge >= 0.3 is 5.97 Å². The van der Waals surface area contributed by atoms with E-state index >= 15 is 0 Å². The Morgan fingerprint density at radius 2 is 2.00 bits per heavy atom. The van der Waals surface area contributed by atoms with E-state index in [-0.39, 0.29) is 48.8 Å². The third-order valence-electron chi connectivity index (χ3n) is 10.9. The van der Waals surface area contributed by atoms with Gasteiger partial charge in [0.2, 0.25) is 0 Å². The highest BCUT2D eigenvalue weighted by Crippen LogP contribution is 2.82. The van der Waals surface area contributed by atoms with Crippen LogP contribution in [0.5, 0.6) is 0 Å². The molecular weight excluding hydrogens is 436 g/mol. The van der Waals surface area contributed by atoms with Gasteiger partial charge in [-0.15, -0.1) is 0 Å². The molecule has 0 aromatic heterocycles. The summed E-state index contributed by atoms with van der Waals surface area (Å²) in [6.07, 6.45) is 5.59. The zero-order valence-electron chi connectivity index (χ0n) is 20.9. The first kappa shape index (κ1) is 23.1. The number of carbonyl (C=O) groups is 2. The Morgan fingerprint density at radius 3 is 2.65 bits per heavy atom. The van der Waals surface area contributed by atoms with E-state index in [1.165, 1.54) is 0 Å². The van der Waals surface area contributed by atoms with Crippen molar-refractivity contribution >= 4 is 12.3 Å². The molecule has 0 aromatic carbocycles. The molecule has 188 valence electrons. The SMILES string of the molecule is CO[C@H]1[C@@H]2O[C@@H]2[C@H](OCC23CC4C(C)CCC4C4(C=O)CC2C=C(C(C)C)C43C(=O)O)O[C@@H]1C. The number of aliphatic carboxylic acids is 1. The minimum absolute atomic E-state index is 0.0210. The second-order valence-corrected chi connectivity index (χ2v) is 12.3. The standard InChI is InChI=1S/C27H38O7/c1-13(2)19-8-16-9-25(11-28)18-7-6-14(3)17(18)10-26(16,27(19,25)24(29)30)12-32-23-22-21(34-22)20(31-5)15(4)33-23/h8,11,13-18,20-23H,6-7,9-10,12H2,1-5H3,(H,29,30)/t14?,15-,16?,17?,18?,20-,21+,22+,23-,25?,26?,27?/m1/s1. The lowest BCUT2D eigenvalue weighted by Crippen LogP contribution is -2.63. The summed E-state index contributed by atoms with van der Waals surface area (Å²) in [5.41, 5.74) is -1.79. The van der Waals surface area contributed by atoms with Crippen LogP contribution in [0, 0.1) is 45.8 Å². The molecule has 2 saturated heterocycles. The third kappa shape index (κ3) is 2.47. The lowest BCUT2D eigenvalue weighted by Gasteiger charge is -2.58. The third-order valence-corrected chi connectivity index (χ3v) is 10.9. The number of ether oxygens (including phenoxy) is 4. The Hall–Kier alpha value is -1.28. The molecule has 5 fully saturated rings. The van der Waals surface area contributed by atoms with Crippen LogP contribution in [0.25, 0.3) is 0 Å². The van der Waals surface area contributed by atoms with E-state index in [0.717, 1.165) is 31.1 Å². The van der Waals surface area contributed by atoms with Crippen LogP contribution in [-0.4, -0.2) is 61.8 Å². The van der Waals surface area contributed by atoms with Crippen molar-refractivity contribution in [3.63, 3.8) is 0 Å². The first-order chi connectivity index (χ1) is 16.2. The number of carbonyl (C=O) groups excluding carboxylic acids is 1. The minimum atomic E-state index is -1.22. The van der Waals surface area contributed by atoms with Gasteiger partial charge in [0.1, 0.15) is 30.0 Å². The van der Waals surface area contributed by atoms with E-state index in [2.05, 4.69) is 26.8 Å². The van der Waals surface area contributed by atoms with E-state index in [1.54, 1.807) is 7.11 Å². The molecule has 7 nitrogen and oxygen atoms in total. The number of allylic oxidation sites excluding steroid dienone is 1. The molecule has 2 aliphatic heterocycles. The molecule has 6 aliphatic rings. The Kier molecular flexibility index (Phi) is 5.02. The summed E-state index contributed by atoms with van der Waals surface area (Å²) in [6, 6.07) is 0. The van der Waals surface area contributed by atoms with Gasteiger partial charge in [0, 0.05) is 12.5 Å². The maximum absolute atomic E-state index is 13.5. The maximum Gasteiger partial charge on any atom is 0.315 e. The summed E-state index contributed by atoms with van der Waals surface area (Å²) in [5.74, 6) is 0.188. The van der Waals surface area contributed by atoms with Gasteiger partial charge in [-0.2, -0.15) is 0 Å². The molecule has 0 aromatic rings. The Morgan fingerprint density at radius 1 is 1.24 bits per heavy atom. The molecule has 12 atom stereocenters. The molecule has 3 saturated carbocycles. The molecule has 4 bridgehead atoms. The summed E-state index contributed by atoms with van der Waals surface area (Å²) < 4.78 is 24.0. The van der Waals surface area contributed by atoms with Crippen LogP contribution in [0.2, 0.25) is 0 Å². The van der Waals surface area contributed by atoms with Crippen LogP contribution in [0.4, 0.5) is 0 Å². The summed E-state index contributed by atoms with van der Waals surface area (Å²) >= 11 is 0. The smallest absolute Gasteiger partial charge is 0.315 e. The number of rotatable bonds is 7. The van der Waals surface area contributed by atoms with Crippen molar-refractivity contribution in [1.29, 1.82) is 0 Å². The summed E-state index contributed by atoms with van der Waals surface area (Å²) in [7, 11) is 1.66. The van der Waals surface area contributed by atoms with E-state index in [9.17, 15) is 14.7 Å². The molecule has 4 aliphatic carbocycles. The minimum Gasteiger partial charge on any atom is -0.481 e. The lowest BCUT2D eigenvalue weighted by atomic mass is 9.43. The Labute approximate surface area is 201 Å². The molecule has 0 spiro atoms. The van der Waals surface area contributed by atoms with Gasteiger partial charge in [-0.05, 0) is 55.8 Å². The van der Waals surface area contributed by atoms with Crippen molar-refractivity contribution in [1.82, 2.24) is 0 Å². The summed E-state index contributed by atoms with van der Waals surface area (Å²) in [4.78, 5) is 26.6. The van der Waals surface area contributed by atoms with Gasteiger partial charge in [-0.1, -0.05) is 38.8 Å². The Bertz CT molecular complexity index is 928. The van der Waals surface area contributed by atoms with Gasteiger partial charge in [-0.3, -0.25) is 4.79 Å². The van der Waals surface area contributed by atoms with E-state index < -0.39 is 28.5 Å². The predicted molar refractivity (Wildman–Crippen MR) is 122 cm³/mol. The molecule has 7 unspecified atom stereocenters. The number of epoxide rings is 1. The molecule has 0 radical (unpaired) electrons. The lowest BCUT2D eigenvalue weighted by molar-refractivity contribution is -0.237. The maximum atomic E-state index is 13.5. The summed E-state index contributed by atoms with van der Waals surface area (Å²) in [5, 5.41) is 11.0. The predicted octanol–water partition coefficient (Wildman–Crippen LogP) is 3.45. The van der Waals surface area contributed by atoms with Crippen molar-refractivity contribution in [2.45, 2.75) is 84.1 Å². The van der Waals surface area contributed by atoms with E-state index in [0.29, 0.717) is 18.3 Å². The monoisotopic (exact) mass is 474 g/mol. The quantitative estimate of drug-likeness (QED) is 0.343. The topological polar surface area (TPSA) is 94.6 Å². The van der Waals surface area contributed by atoms with Gasteiger partial charge in [-0.25, -0.2) is 0 Å². The normalized spacial score (nSPS) is 54.5. The fraction of sp³-hybridized carbons (Fsp3) is 0.852. The van der Waals surface area contributed by atoms with Crippen molar-refractivity contribution in [3.8, 4) is 0 Å². The van der Waals surface area contributed by atoms with E-state index in [4.69, 9.17) is 18.9 Å². The van der Waals surface area contributed by atoms with Crippen LogP contribution in [0.1, 0.15) is 53.4 Å². The first-order valence-electron chi connectivity index (χ1n) is 13.1. The van der Waals surface area contributed by atoms with Crippen molar-refractivity contribution in [3.05, 3.63) is 11.6 Å². The fourth-order valence-electron chi connectivity index (χ4n) is 9.58. The number of aldehydes is 1. The number of carboxylic acids is 1. The van der Waals surface area contributed by atoms with Crippen LogP contribution in [-0.2, 0) is 28.5 Å². The highest BCUT2D eigenvalue weighted by atomic mass is 16.7. The summed E-state index contributed by atoms with van der Waals surface area (Å²) in [6.45, 7) is 8.63. The zero-order valence-corrected chi connectivity index (χ0v) is 20.9. The zero-order chi connectivity index (χ0) is 24.2. The van der Waals surface area contributed by atoms with Crippen LogP contribution in [0.15, 0.2) is 11.6 Å². The molecular formula is C27H38O7. The van der Waals surface area contributed by atoms with E-state index in [1.807, 2.05) is 6.92 Å². The number of fused-ring (bicyclic) bond motifs is 3. The average molecular weight is 475 g/mol. The highest BCUT2D eigenvalue weighted by molar-refractivity contribution is 5.90. The molecule has 34 heavy (non-hydrogen) atoms. The highest BCUT2D eigenvalue weighted by Gasteiger charge is 2.84. The van der Waals surface area contributed by atoms with Gasteiger partial charge < -0.3 is 28.8 Å². The average Bonchev–Trinajstić information content (AvgIpc) is 3.39. The number of carboxylic acid groups (broad SMARTS) is 1. The van der Waals surface area contributed by atoms with Gasteiger partial charge in [0.05, 0.1) is 18.1 Å². The van der Waals surface area contributed by atoms with Crippen molar-refractivity contribution in [2.24, 2.45) is 45.8 Å². The van der Waals surface area contributed by atoms with Crippen LogP contribution < -0.4 is 0 Å². The van der Waals surface area contributed by atoms with Crippen LogP contribution in [0.3, 0.4) is 0 Å². The van der Waals surface area contributed by atoms with Gasteiger partial charge in [0.15, 0.2) is 6.29 Å². The van der Waals surface area contributed by atoms with Crippen molar-refractivity contribution < 1.29 is 33.6 Å².